The Morgan fingerprint density at radius 2 is 1.88 bits per heavy atom. The van der Waals surface area contributed by atoms with Crippen molar-refractivity contribution in [2.24, 2.45) is 18.0 Å². The smallest absolute Gasteiger partial charge is 0.297 e. The first kappa shape index (κ1) is 20.8. The number of hydrogen-bond acceptors (Lipinski definition) is 4. The van der Waals surface area contributed by atoms with E-state index < -0.39 is 0 Å². The van der Waals surface area contributed by atoms with Gasteiger partial charge in [0.2, 0.25) is 0 Å². The van der Waals surface area contributed by atoms with Crippen molar-refractivity contribution in [2.75, 3.05) is 0 Å². The van der Waals surface area contributed by atoms with Gasteiger partial charge in [0, 0.05) is 18.5 Å². The summed E-state index contributed by atoms with van der Waals surface area (Å²) in [5.74, 6) is 1.39. The minimum atomic E-state index is -0.104. The molecule has 3 heterocycles. The zero-order valence-corrected chi connectivity index (χ0v) is 19.5. The Morgan fingerprint density at radius 1 is 1.09 bits per heavy atom. The van der Waals surface area contributed by atoms with Crippen LogP contribution in [0.1, 0.15) is 44.3 Å². The van der Waals surface area contributed by atoms with E-state index in [1.165, 1.54) is 19.3 Å². The van der Waals surface area contributed by atoms with Crippen LogP contribution in [0.4, 0.5) is 5.69 Å². The van der Waals surface area contributed by atoms with Crippen LogP contribution < -0.4 is 10.4 Å². The fourth-order valence-electron chi connectivity index (χ4n) is 4.79. The second-order valence-electron chi connectivity index (χ2n) is 8.60. The first-order chi connectivity index (χ1) is 15.6. The predicted octanol–water partition coefficient (Wildman–Crippen LogP) is 5.59. The summed E-state index contributed by atoms with van der Waals surface area (Å²) in [7, 11) is 1.91. The summed E-state index contributed by atoms with van der Waals surface area (Å²) in [4.78, 5) is 19.2. The van der Waals surface area contributed by atoms with Gasteiger partial charge < -0.3 is 8.98 Å². The van der Waals surface area contributed by atoms with Crippen LogP contribution in [-0.4, -0.2) is 13.9 Å². The molecule has 0 aliphatic heterocycles. The topological polar surface area (TPSA) is 57.4 Å². The summed E-state index contributed by atoms with van der Waals surface area (Å²) in [5, 5.41) is 2.10. The van der Waals surface area contributed by atoms with Crippen molar-refractivity contribution in [3.63, 3.8) is 0 Å². The number of rotatable bonds is 4. The van der Waals surface area contributed by atoms with Gasteiger partial charge in [-0.1, -0.05) is 38.0 Å². The molecule has 0 saturated heterocycles. The zero-order valence-electron chi connectivity index (χ0n) is 18.7. The van der Waals surface area contributed by atoms with E-state index in [0.29, 0.717) is 17.6 Å². The molecule has 2 unspecified atom stereocenters. The SMILES string of the molecule is Cc1c(N=c2scc(-c3ccco3)n2C2CCCCC2C)c(=O)n(-c2ccccc2)n1C. The van der Waals surface area contributed by atoms with Crippen LogP contribution in [0.3, 0.4) is 0 Å². The van der Waals surface area contributed by atoms with Crippen molar-refractivity contribution in [2.45, 2.75) is 45.6 Å². The predicted molar refractivity (Wildman–Crippen MR) is 128 cm³/mol. The van der Waals surface area contributed by atoms with E-state index in [1.54, 1.807) is 22.3 Å². The third-order valence-electron chi connectivity index (χ3n) is 6.64. The van der Waals surface area contributed by atoms with Crippen molar-refractivity contribution in [3.8, 4) is 17.1 Å². The molecule has 4 aromatic rings. The van der Waals surface area contributed by atoms with E-state index in [9.17, 15) is 4.79 Å². The Labute approximate surface area is 191 Å². The average Bonchev–Trinajstić information content (AvgIpc) is 3.52. The number of aromatic nitrogens is 3. The maximum absolute atomic E-state index is 13.4. The van der Waals surface area contributed by atoms with Gasteiger partial charge in [0.05, 0.1) is 23.3 Å². The lowest BCUT2D eigenvalue weighted by molar-refractivity contribution is 0.255. The number of hydrogen-bond donors (Lipinski definition) is 0. The van der Waals surface area contributed by atoms with Crippen LogP contribution in [-0.2, 0) is 7.05 Å². The largest absolute Gasteiger partial charge is 0.463 e. The summed E-state index contributed by atoms with van der Waals surface area (Å²) in [6.45, 7) is 4.27. The van der Waals surface area contributed by atoms with E-state index >= 15 is 0 Å². The monoisotopic (exact) mass is 448 g/mol. The molecule has 3 aromatic heterocycles. The molecule has 6 nitrogen and oxygen atoms in total. The highest BCUT2D eigenvalue weighted by Crippen LogP contribution is 2.36. The van der Waals surface area contributed by atoms with Gasteiger partial charge in [-0.3, -0.25) is 9.48 Å². The quantitative estimate of drug-likeness (QED) is 0.409. The molecule has 1 saturated carbocycles. The molecule has 1 aliphatic rings. The number of nitrogens with zero attached hydrogens (tertiary/aromatic N) is 4. The minimum absolute atomic E-state index is 0.104. The van der Waals surface area contributed by atoms with E-state index in [4.69, 9.17) is 9.41 Å². The van der Waals surface area contributed by atoms with Crippen LogP contribution in [0.25, 0.3) is 17.1 Å². The second-order valence-corrected chi connectivity index (χ2v) is 9.44. The van der Waals surface area contributed by atoms with Gasteiger partial charge in [0.1, 0.15) is 0 Å². The molecular formula is C25H28N4O2S. The second kappa shape index (κ2) is 8.47. The maximum atomic E-state index is 13.4. The van der Waals surface area contributed by atoms with Crippen LogP contribution >= 0.6 is 11.3 Å². The summed E-state index contributed by atoms with van der Waals surface area (Å²) < 4.78 is 11.6. The highest BCUT2D eigenvalue weighted by Gasteiger charge is 2.27. The fraction of sp³-hybridized carbons (Fsp3) is 0.360. The molecule has 1 fully saturated rings. The maximum Gasteiger partial charge on any atom is 0.297 e. The minimum Gasteiger partial charge on any atom is -0.463 e. The Balaban J connectivity index is 1.71. The summed E-state index contributed by atoms with van der Waals surface area (Å²) in [6, 6.07) is 14.0. The van der Waals surface area contributed by atoms with E-state index in [0.717, 1.165) is 34.1 Å². The van der Waals surface area contributed by atoms with E-state index in [-0.39, 0.29) is 5.56 Å². The summed E-state index contributed by atoms with van der Waals surface area (Å²) >= 11 is 1.57. The van der Waals surface area contributed by atoms with Crippen LogP contribution in [0.15, 0.2) is 68.3 Å². The molecule has 5 rings (SSSR count). The average molecular weight is 449 g/mol. The Morgan fingerprint density at radius 3 is 2.59 bits per heavy atom. The highest BCUT2D eigenvalue weighted by atomic mass is 32.1. The molecule has 32 heavy (non-hydrogen) atoms. The molecular weight excluding hydrogens is 420 g/mol. The Kier molecular flexibility index (Phi) is 5.51. The Hall–Kier alpha value is -3.06. The van der Waals surface area contributed by atoms with Crippen LogP contribution in [0, 0.1) is 12.8 Å². The van der Waals surface area contributed by atoms with Crippen molar-refractivity contribution in [3.05, 3.63) is 75.0 Å². The summed E-state index contributed by atoms with van der Waals surface area (Å²) in [5.41, 5.74) is 3.10. The van der Waals surface area contributed by atoms with Gasteiger partial charge in [-0.25, -0.2) is 9.67 Å². The van der Waals surface area contributed by atoms with Crippen LogP contribution in [0.2, 0.25) is 0 Å². The molecule has 0 spiro atoms. The first-order valence-corrected chi connectivity index (χ1v) is 12.1. The molecule has 1 aliphatic carbocycles. The third-order valence-corrected chi connectivity index (χ3v) is 7.48. The lowest BCUT2D eigenvalue weighted by atomic mass is 9.85. The van der Waals surface area contributed by atoms with Gasteiger partial charge in [0.15, 0.2) is 16.2 Å². The molecule has 7 heteroatoms. The number of para-hydroxylation sites is 1. The van der Waals surface area contributed by atoms with Crippen molar-refractivity contribution in [1.82, 2.24) is 13.9 Å². The van der Waals surface area contributed by atoms with E-state index in [2.05, 4.69) is 16.9 Å². The number of thiazole rings is 1. The molecule has 0 bridgehead atoms. The molecule has 0 amide bonds. The third kappa shape index (κ3) is 3.50. The van der Waals surface area contributed by atoms with Gasteiger partial charge >= 0.3 is 0 Å². The molecule has 166 valence electrons. The number of benzene rings is 1. The standard InChI is InChI=1S/C25H28N4O2S/c1-17-10-7-8-13-20(17)28-21(22-14-9-15-31-22)16-32-25(28)26-23-18(2)27(3)29(24(23)30)19-11-5-4-6-12-19/h4-6,9,11-12,14-17,20H,7-8,10,13H2,1-3H3. The molecule has 0 N–H and O–H groups in total. The van der Waals surface area contributed by atoms with Crippen LogP contribution in [0.5, 0.6) is 0 Å². The summed E-state index contributed by atoms with van der Waals surface area (Å²) in [6.07, 6.45) is 6.50. The lowest BCUT2D eigenvalue weighted by Gasteiger charge is -2.31. The molecule has 0 radical (unpaired) electrons. The van der Waals surface area contributed by atoms with Gasteiger partial charge in [-0.05, 0) is 49.9 Å². The van der Waals surface area contributed by atoms with Gasteiger partial charge in [0.25, 0.3) is 5.56 Å². The highest BCUT2D eigenvalue weighted by molar-refractivity contribution is 7.07. The normalized spacial score (nSPS) is 19.5. The molecule has 2 atom stereocenters. The fourth-order valence-corrected chi connectivity index (χ4v) is 5.72. The Bertz CT molecular complexity index is 1340. The van der Waals surface area contributed by atoms with E-state index in [1.807, 2.05) is 61.1 Å². The molecule has 1 aromatic carbocycles. The lowest BCUT2D eigenvalue weighted by Crippen LogP contribution is -2.29. The van der Waals surface area contributed by atoms with Crippen molar-refractivity contribution >= 4 is 17.0 Å². The van der Waals surface area contributed by atoms with Crippen molar-refractivity contribution in [1.29, 1.82) is 0 Å². The zero-order chi connectivity index (χ0) is 22.2. The van der Waals surface area contributed by atoms with Crippen molar-refractivity contribution < 1.29 is 4.42 Å². The van der Waals surface area contributed by atoms with Gasteiger partial charge in [-0.2, -0.15) is 0 Å². The van der Waals surface area contributed by atoms with Gasteiger partial charge in [-0.15, -0.1) is 11.3 Å². The first-order valence-electron chi connectivity index (χ1n) is 11.2. The number of furan rings is 1.